The van der Waals surface area contributed by atoms with Crippen LogP contribution < -0.4 is 16.3 Å². The lowest BCUT2D eigenvalue weighted by atomic mass is 9.96. The smallest absolute Gasteiger partial charge is 0.258 e. The van der Waals surface area contributed by atoms with Crippen LogP contribution in [0.25, 0.3) is 16.8 Å². The van der Waals surface area contributed by atoms with Gasteiger partial charge >= 0.3 is 0 Å². The average molecular weight is 384 g/mol. The van der Waals surface area contributed by atoms with E-state index in [1.165, 1.54) is 16.3 Å². The second kappa shape index (κ2) is 8.82. The molecule has 3 aromatic rings. The number of hydrogen-bond donors (Lipinski definition) is 3. The average Bonchev–Trinajstić information content (AvgIpc) is 3.24. The molecular weight excluding hydrogens is 360 g/mol. The molecule has 3 aromatic carbocycles. The summed E-state index contributed by atoms with van der Waals surface area (Å²) in [6.45, 7) is 1.95. The molecule has 0 spiro atoms. The summed E-state index contributed by atoms with van der Waals surface area (Å²) in [7, 11) is 0. The van der Waals surface area contributed by atoms with E-state index in [4.69, 9.17) is 0 Å². The first kappa shape index (κ1) is 19.1. The predicted molar refractivity (Wildman–Crippen MR) is 118 cm³/mol. The summed E-state index contributed by atoms with van der Waals surface area (Å²) in [4.78, 5) is 12.5. The summed E-state index contributed by atoms with van der Waals surface area (Å²) in [6.07, 6.45) is 4.34. The fourth-order valence-electron chi connectivity index (χ4n) is 3.61. The van der Waals surface area contributed by atoms with E-state index in [2.05, 4.69) is 51.7 Å². The SMILES string of the molecule is CC(/C=N/NC(=O)C1CC(c2cccc3ccccc23)NN1)=C\c1ccccc1. The fraction of sp³-hybridized carbons (Fsp3) is 0.167. The molecule has 0 aromatic heterocycles. The van der Waals surface area contributed by atoms with Gasteiger partial charge in [0, 0.05) is 6.04 Å². The first-order chi connectivity index (χ1) is 14.2. The second-order valence-corrected chi connectivity index (χ2v) is 7.23. The Hall–Kier alpha value is -3.28. The van der Waals surface area contributed by atoms with Gasteiger partial charge in [-0.3, -0.25) is 4.79 Å². The number of fused-ring (bicyclic) bond motifs is 1. The molecule has 5 heteroatoms. The zero-order valence-electron chi connectivity index (χ0n) is 16.3. The number of benzene rings is 3. The highest BCUT2D eigenvalue weighted by molar-refractivity contribution is 5.88. The van der Waals surface area contributed by atoms with Crippen molar-refractivity contribution >= 4 is 29.0 Å². The van der Waals surface area contributed by atoms with Gasteiger partial charge in [0.05, 0.1) is 6.21 Å². The quantitative estimate of drug-likeness (QED) is 0.461. The maximum absolute atomic E-state index is 12.5. The Balaban J connectivity index is 1.36. The number of amides is 1. The number of rotatable bonds is 5. The van der Waals surface area contributed by atoms with Crippen LogP contribution in [0.3, 0.4) is 0 Å². The van der Waals surface area contributed by atoms with Crippen molar-refractivity contribution in [3.8, 4) is 0 Å². The summed E-state index contributed by atoms with van der Waals surface area (Å²) in [5.74, 6) is -0.149. The Kier molecular flexibility index (Phi) is 5.79. The van der Waals surface area contributed by atoms with Crippen molar-refractivity contribution in [3.63, 3.8) is 0 Å². The Morgan fingerprint density at radius 1 is 1.00 bits per heavy atom. The number of allylic oxidation sites excluding steroid dienone is 1. The van der Waals surface area contributed by atoms with E-state index in [9.17, 15) is 4.79 Å². The molecule has 3 N–H and O–H groups in total. The zero-order valence-corrected chi connectivity index (χ0v) is 16.3. The minimum atomic E-state index is -0.338. The van der Waals surface area contributed by atoms with Crippen LogP contribution in [0, 0.1) is 0 Å². The fourth-order valence-corrected chi connectivity index (χ4v) is 3.61. The van der Waals surface area contributed by atoms with Crippen molar-refractivity contribution in [2.45, 2.75) is 25.4 Å². The van der Waals surface area contributed by atoms with Crippen LogP contribution in [0.1, 0.15) is 30.5 Å². The Labute approximate surface area is 170 Å². The normalized spacial score (nSPS) is 19.7. The van der Waals surface area contributed by atoms with Crippen LogP contribution in [-0.4, -0.2) is 18.2 Å². The predicted octanol–water partition coefficient (Wildman–Crippen LogP) is 3.95. The van der Waals surface area contributed by atoms with E-state index in [0.717, 1.165) is 11.1 Å². The highest BCUT2D eigenvalue weighted by Gasteiger charge is 2.30. The summed E-state index contributed by atoms with van der Waals surface area (Å²) in [5.41, 5.74) is 12.2. The molecular formula is C24H24N4O. The Bertz CT molecular complexity index is 1050. The van der Waals surface area contributed by atoms with E-state index < -0.39 is 0 Å². The Morgan fingerprint density at radius 2 is 1.76 bits per heavy atom. The van der Waals surface area contributed by atoms with Gasteiger partial charge < -0.3 is 0 Å². The lowest BCUT2D eigenvalue weighted by Crippen LogP contribution is -2.41. The molecule has 29 heavy (non-hydrogen) atoms. The number of carbonyl (C=O) groups is 1. The molecule has 0 radical (unpaired) electrons. The summed E-state index contributed by atoms with van der Waals surface area (Å²) in [5, 5.41) is 6.50. The minimum Gasteiger partial charge on any atom is -0.271 e. The molecule has 0 bridgehead atoms. The van der Waals surface area contributed by atoms with Gasteiger partial charge in [0.15, 0.2) is 0 Å². The molecule has 1 amide bonds. The highest BCUT2D eigenvalue weighted by atomic mass is 16.2. The lowest BCUT2D eigenvalue weighted by molar-refractivity contribution is -0.122. The minimum absolute atomic E-state index is 0.0699. The number of carbonyl (C=O) groups excluding carboxylic acids is 1. The van der Waals surface area contributed by atoms with E-state index in [1.54, 1.807) is 6.21 Å². The molecule has 1 heterocycles. The van der Waals surface area contributed by atoms with Crippen molar-refractivity contribution in [1.82, 2.24) is 16.3 Å². The third kappa shape index (κ3) is 4.59. The number of hydrogen-bond acceptors (Lipinski definition) is 4. The van der Waals surface area contributed by atoms with Crippen LogP contribution in [0.5, 0.6) is 0 Å². The first-order valence-corrected chi connectivity index (χ1v) is 9.76. The number of hydrazine groups is 1. The largest absolute Gasteiger partial charge is 0.271 e. The molecule has 0 saturated carbocycles. The number of nitrogens with zero attached hydrogens (tertiary/aromatic N) is 1. The summed E-state index contributed by atoms with van der Waals surface area (Å²) in [6, 6.07) is 24.3. The molecule has 4 rings (SSSR count). The molecule has 1 saturated heterocycles. The van der Waals surface area contributed by atoms with Gasteiger partial charge in [0.25, 0.3) is 5.91 Å². The number of nitrogens with one attached hydrogen (secondary N) is 3. The van der Waals surface area contributed by atoms with Gasteiger partial charge in [-0.25, -0.2) is 16.3 Å². The molecule has 2 unspecified atom stereocenters. The van der Waals surface area contributed by atoms with Gasteiger partial charge in [-0.1, -0.05) is 78.9 Å². The molecule has 2 atom stereocenters. The van der Waals surface area contributed by atoms with Gasteiger partial charge in [-0.2, -0.15) is 5.10 Å². The van der Waals surface area contributed by atoms with E-state index >= 15 is 0 Å². The zero-order chi connectivity index (χ0) is 20.1. The Morgan fingerprint density at radius 3 is 2.62 bits per heavy atom. The summed E-state index contributed by atoms with van der Waals surface area (Å²) < 4.78 is 0. The standard InChI is InChI=1S/C24H24N4O/c1-17(14-18-8-3-2-4-9-18)16-25-28-24(29)23-15-22(26-27-23)21-13-7-11-19-10-5-6-12-20(19)21/h2-14,16,22-23,26-27H,15H2,1H3,(H,28,29)/b17-14+,25-16+. The van der Waals surface area contributed by atoms with Crippen molar-refractivity contribution in [1.29, 1.82) is 0 Å². The molecule has 1 aliphatic rings. The van der Waals surface area contributed by atoms with Gasteiger partial charge in [0.2, 0.25) is 0 Å². The second-order valence-electron chi connectivity index (χ2n) is 7.23. The third-order valence-electron chi connectivity index (χ3n) is 5.06. The maximum atomic E-state index is 12.5. The topological polar surface area (TPSA) is 65.5 Å². The number of hydrazone groups is 1. The summed E-state index contributed by atoms with van der Waals surface area (Å²) >= 11 is 0. The van der Waals surface area contributed by atoms with Crippen molar-refractivity contribution < 1.29 is 4.79 Å². The van der Waals surface area contributed by atoms with Crippen molar-refractivity contribution in [2.75, 3.05) is 0 Å². The third-order valence-corrected chi connectivity index (χ3v) is 5.06. The van der Waals surface area contributed by atoms with Gasteiger partial charge in [-0.05, 0) is 40.8 Å². The van der Waals surface area contributed by atoms with E-state index in [0.29, 0.717) is 6.42 Å². The molecule has 146 valence electrons. The van der Waals surface area contributed by atoms with Crippen LogP contribution in [0.4, 0.5) is 0 Å². The maximum Gasteiger partial charge on any atom is 0.258 e. The van der Waals surface area contributed by atoms with Crippen LogP contribution >= 0.6 is 0 Å². The molecule has 5 nitrogen and oxygen atoms in total. The van der Waals surface area contributed by atoms with Crippen LogP contribution in [0.15, 0.2) is 83.5 Å². The lowest BCUT2D eigenvalue weighted by Gasteiger charge is -2.13. The first-order valence-electron chi connectivity index (χ1n) is 9.76. The van der Waals surface area contributed by atoms with Crippen LogP contribution in [0.2, 0.25) is 0 Å². The molecule has 0 aliphatic carbocycles. The molecule has 1 aliphatic heterocycles. The monoisotopic (exact) mass is 384 g/mol. The van der Waals surface area contributed by atoms with Crippen molar-refractivity contribution in [3.05, 3.63) is 89.5 Å². The molecule has 1 fully saturated rings. The van der Waals surface area contributed by atoms with Crippen molar-refractivity contribution in [2.24, 2.45) is 5.10 Å². The highest BCUT2D eigenvalue weighted by Crippen LogP contribution is 2.29. The van der Waals surface area contributed by atoms with Gasteiger partial charge in [-0.15, -0.1) is 0 Å². The van der Waals surface area contributed by atoms with Gasteiger partial charge in [0.1, 0.15) is 6.04 Å². The van der Waals surface area contributed by atoms with Crippen LogP contribution in [-0.2, 0) is 4.79 Å². The van der Waals surface area contributed by atoms with E-state index in [-0.39, 0.29) is 18.0 Å². The van der Waals surface area contributed by atoms with E-state index in [1.807, 2.05) is 55.5 Å².